The van der Waals surface area contributed by atoms with Crippen molar-refractivity contribution in [2.45, 2.75) is 43.8 Å². The Hall–Kier alpha value is -2.79. The van der Waals surface area contributed by atoms with E-state index in [0.29, 0.717) is 12.1 Å². The van der Waals surface area contributed by atoms with E-state index in [4.69, 9.17) is 4.74 Å². The summed E-state index contributed by atoms with van der Waals surface area (Å²) in [7, 11) is 5.92. The zero-order chi connectivity index (χ0) is 20.8. The third-order valence-corrected chi connectivity index (χ3v) is 7.11. The minimum Gasteiger partial charge on any atom is -0.497 e. The molecule has 3 heterocycles. The fourth-order valence-electron chi connectivity index (χ4n) is 5.50. The van der Waals surface area contributed by atoms with E-state index < -0.39 is 0 Å². The van der Waals surface area contributed by atoms with Gasteiger partial charge in [0.15, 0.2) is 0 Å². The first-order valence-corrected chi connectivity index (χ1v) is 10.8. The van der Waals surface area contributed by atoms with E-state index in [0.717, 1.165) is 46.3 Å². The number of carbonyl (C=O) groups excluding carboxylic acids is 1. The van der Waals surface area contributed by atoms with Crippen LogP contribution in [0.25, 0.3) is 22.2 Å². The number of piperidine rings is 1. The van der Waals surface area contributed by atoms with Crippen molar-refractivity contribution >= 4 is 16.8 Å². The van der Waals surface area contributed by atoms with E-state index in [1.165, 1.54) is 12.8 Å². The molecule has 30 heavy (non-hydrogen) atoms. The quantitative estimate of drug-likeness (QED) is 0.710. The highest BCUT2D eigenvalue weighted by atomic mass is 16.5. The average Bonchev–Trinajstić information content (AvgIpc) is 3.15. The summed E-state index contributed by atoms with van der Waals surface area (Å²) in [5.41, 5.74) is 3.77. The molecule has 5 rings (SSSR count). The molecule has 0 aliphatic carbocycles. The molecule has 1 amide bonds. The first-order chi connectivity index (χ1) is 14.6. The number of nitrogens with zero attached hydrogens (tertiary/aromatic N) is 2. The Morgan fingerprint density at radius 2 is 1.73 bits per heavy atom. The zero-order valence-electron chi connectivity index (χ0n) is 17.9. The molecule has 0 spiro atoms. The van der Waals surface area contributed by atoms with Gasteiger partial charge in [0.2, 0.25) is 0 Å². The summed E-state index contributed by atoms with van der Waals surface area (Å²) < 4.78 is 7.59. The van der Waals surface area contributed by atoms with Crippen molar-refractivity contribution < 1.29 is 9.53 Å². The van der Waals surface area contributed by atoms with Crippen LogP contribution in [0.3, 0.4) is 0 Å². The highest BCUT2D eigenvalue weighted by Crippen LogP contribution is 2.37. The van der Waals surface area contributed by atoms with Crippen molar-refractivity contribution in [2.24, 2.45) is 7.05 Å². The molecule has 2 aliphatic heterocycles. The lowest BCUT2D eigenvalue weighted by Crippen LogP contribution is -2.48. The van der Waals surface area contributed by atoms with Crippen LogP contribution in [0.5, 0.6) is 5.75 Å². The van der Waals surface area contributed by atoms with Gasteiger partial charge in [0.1, 0.15) is 5.75 Å². The minimum absolute atomic E-state index is 0.0154. The predicted octanol–water partition coefficient (Wildman–Crippen LogP) is 4.21. The summed E-state index contributed by atoms with van der Waals surface area (Å²) in [6.45, 7) is 0. The van der Waals surface area contributed by atoms with Gasteiger partial charge in [-0.1, -0.05) is 30.3 Å². The minimum atomic E-state index is 0.0154. The molecular weight excluding hydrogens is 374 g/mol. The molecule has 2 aliphatic rings. The fourth-order valence-corrected chi connectivity index (χ4v) is 5.50. The molecule has 2 saturated heterocycles. The monoisotopic (exact) mass is 403 g/mol. The molecule has 2 fully saturated rings. The number of aryl methyl sites for hydroxylation is 1. The number of ether oxygens (including phenoxy) is 1. The highest BCUT2D eigenvalue weighted by molar-refractivity contribution is 6.13. The van der Waals surface area contributed by atoms with Crippen molar-refractivity contribution in [1.29, 1.82) is 0 Å². The number of hydrogen-bond donors (Lipinski definition) is 1. The Morgan fingerprint density at radius 1 is 1.03 bits per heavy atom. The van der Waals surface area contributed by atoms with E-state index in [-0.39, 0.29) is 11.9 Å². The number of hydrogen-bond acceptors (Lipinski definition) is 3. The third-order valence-electron chi connectivity index (χ3n) is 7.11. The molecule has 3 aromatic rings. The van der Waals surface area contributed by atoms with E-state index in [9.17, 15) is 4.79 Å². The van der Waals surface area contributed by atoms with Crippen LogP contribution in [-0.4, -0.2) is 47.7 Å². The first-order valence-electron chi connectivity index (χ1n) is 10.8. The van der Waals surface area contributed by atoms with Crippen LogP contribution in [0.4, 0.5) is 0 Å². The predicted molar refractivity (Wildman–Crippen MR) is 120 cm³/mol. The third kappa shape index (κ3) is 3.08. The number of fused-ring (bicyclic) bond motifs is 3. The molecule has 2 bridgehead atoms. The molecular formula is C25H29N3O2. The van der Waals surface area contributed by atoms with Gasteiger partial charge in [0.25, 0.3) is 5.91 Å². The lowest BCUT2D eigenvalue weighted by atomic mass is 9.97. The number of rotatable bonds is 4. The van der Waals surface area contributed by atoms with Gasteiger partial charge in [-0.15, -0.1) is 0 Å². The standard InChI is InChI=1S/C25H29N3O2/c1-27-18-9-10-19(27)14-17(13-18)26-25(29)23-21-15-20(30-3)11-12-22(21)28(2)24(23)16-7-5-4-6-8-16/h4-8,11-12,15,17-19H,9-10,13-14H2,1-3H3,(H,26,29). The van der Waals surface area contributed by atoms with Crippen molar-refractivity contribution in [3.05, 3.63) is 54.1 Å². The van der Waals surface area contributed by atoms with Crippen molar-refractivity contribution in [3.63, 3.8) is 0 Å². The van der Waals surface area contributed by atoms with Gasteiger partial charge in [0.05, 0.1) is 18.4 Å². The smallest absolute Gasteiger partial charge is 0.254 e. The molecule has 1 N–H and O–H groups in total. The van der Waals surface area contributed by atoms with Gasteiger partial charge in [-0.2, -0.15) is 0 Å². The molecule has 5 nitrogen and oxygen atoms in total. The average molecular weight is 404 g/mol. The number of methoxy groups -OCH3 is 1. The van der Waals surface area contributed by atoms with Gasteiger partial charge in [-0.05, 0) is 56.5 Å². The Kier molecular flexibility index (Phi) is 4.78. The highest BCUT2D eigenvalue weighted by Gasteiger charge is 2.39. The Bertz CT molecular complexity index is 1070. The Labute approximate surface area is 177 Å². The molecule has 2 aromatic carbocycles. The summed E-state index contributed by atoms with van der Waals surface area (Å²) in [5, 5.41) is 4.32. The van der Waals surface area contributed by atoms with Crippen LogP contribution in [0, 0.1) is 0 Å². The van der Waals surface area contributed by atoms with Gasteiger partial charge in [0, 0.05) is 36.1 Å². The van der Waals surface area contributed by atoms with Crippen molar-refractivity contribution in [2.75, 3.05) is 14.2 Å². The number of aromatic nitrogens is 1. The maximum Gasteiger partial charge on any atom is 0.254 e. The summed E-state index contributed by atoms with van der Waals surface area (Å²) in [6.07, 6.45) is 4.56. The zero-order valence-corrected chi connectivity index (χ0v) is 17.9. The molecule has 1 aromatic heterocycles. The summed E-state index contributed by atoms with van der Waals surface area (Å²) >= 11 is 0. The Morgan fingerprint density at radius 3 is 2.40 bits per heavy atom. The van der Waals surface area contributed by atoms with Gasteiger partial charge < -0.3 is 19.5 Å². The first kappa shape index (κ1) is 19.2. The number of carbonyl (C=O) groups is 1. The van der Waals surface area contributed by atoms with Gasteiger partial charge >= 0.3 is 0 Å². The molecule has 0 saturated carbocycles. The lowest BCUT2D eigenvalue weighted by molar-refractivity contribution is 0.0884. The summed E-state index contributed by atoms with van der Waals surface area (Å²) in [6, 6.07) is 17.6. The molecule has 2 atom stereocenters. The van der Waals surface area contributed by atoms with Crippen molar-refractivity contribution in [3.8, 4) is 17.0 Å². The number of benzene rings is 2. The maximum absolute atomic E-state index is 13.7. The summed E-state index contributed by atoms with van der Waals surface area (Å²) in [4.78, 5) is 16.2. The van der Waals surface area contributed by atoms with E-state index in [2.05, 4.69) is 34.0 Å². The van der Waals surface area contributed by atoms with E-state index >= 15 is 0 Å². The van der Waals surface area contributed by atoms with E-state index in [1.54, 1.807) is 7.11 Å². The number of amides is 1. The SMILES string of the molecule is COc1ccc2c(c1)c(C(=O)NC1CC3CCC(C1)N3C)c(-c1ccccc1)n2C. The fraction of sp³-hybridized carbons (Fsp3) is 0.400. The molecule has 5 heteroatoms. The van der Waals surface area contributed by atoms with E-state index in [1.807, 2.05) is 43.4 Å². The summed E-state index contributed by atoms with van der Waals surface area (Å²) in [5.74, 6) is 0.778. The second-order valence-corrected chi connectivity index (χ2v) is 8.72. The van der Waals surface area contributed by atoms with Crippen LogP contribution < -0.4 is 10.1 Å². The molecule has 0 radical (unpaired) electrons. The van der Waals surface area contributed by atoms with Crippen molar-refractivity contribution in [1.82, 2.24) is 14.8 Å². The second kappa shape index (κ2) is 7.47. The normalized spacial score (nSPS) is 23.6. The van der Waals surface area contributed by atoms with Crippen LogP contribution in [0.1, 0.15) is 36.0 Å². The van der Waals surface area contributed by atoms with Crippen LogP contribution in [0.15, 0.2) is 48.5 Å². The van der Waals surface area contributed by atoms with Gasteiger partial charge in [-0.25, -0.2) is 0 Å². The maximum atomic E-state index is 13.7. The van der Waals surface area contributed by atoms with Crippen LogP contribution in [-0.2, 0) is 7.05 Å². The largest absolute Gasteiger partial charge is 0.497 e. The molecule has 156 valence electrons. The second-order valence-electron chi connectivity index (χ2n) is 8.72. The Balaban J connectivity index is 1.57. The number of nitrogens with one attached hydrogen (secondary N) is 1. The van der Waals surface area contributed by atoms with Gasteiger partial charge in [-0.3, -0.25) is 4.79 Å². The van der Waals surface area contributed by atoms with Crippen LogP contribution >= 0.6 is 0 Å². The van der Waals surface area contributed by atoms with Crippen LogP contribution in [0.2, 0.25) is 0 Å². The molecule has 2 unspecified atom stereocenters. The topological polar surface area (TPSA) is 46.5 Å². The lowest BCUT2D eigenvalue weighted by Gasteiger charge is -2.36.